The van der Waals surface area contributed by atoms with Gasteiger partial charge in [0.15, 0.2) is 5.82 Å². The summed E-state index contributed by atoms with van der Waals surface area (Å²) in [6.45, 7) is 0. The summed E-state index contributed by atoms with van der Waals surface area (Å²) in [5.41, 5.74) is 2.00. The first-order valence-corrected chi connectivity index (χ1v) is 10.6. The van der Waals surface area contributed by atoms with Crippen LogP contribution in [-0.2, 0) is 10.3 Å². The fourth-order valence-corrected chi connectivity index (χ4v) is 4.80. The molecule has 1 fully saturated rings. The lowest BCUT2D eigenvalue weighted by atomic mass is 9.73. The smallest absolute Gasteiger partial charge is 0.227 e. The molecular weight excluding hydrogens is 405 g/mol. The van der Waals surface area contributed by atoms with Crippen LogP contribution in [0.5, 0.6) is 0 Å². The summed E-state index contributed by atoms with van der Waals surface area (Å²) in [5, 5.41) is 18.0. The fraction of sp³-hybridized carbons (Fsp3) is 0.200. The Morgan fingerprint density at radius 2 is 1.88 bits per heavy atom. The largest absolute Gasteiger partial charge is 0.310 e. The number of nitrogens with one attached hydrogen (secondary N) is 1. The maximum Gasteiger partial charge on any atom is 0.227 e. The Balaban J connectivity index is 1.55. The van der Waals surface area contributed by atoms with Gasteiger partial charge in [0.25, 0.3) is 0 Å². The summed E-state index contributed by atoms with van der Waals surface area (Å²) in [4.78, 5) is 16.9. The third-order valence-corrected chi connectivity index (χ3v) is 6.60. The number of aromatic nitrogens is 3. The van der Waals surface area contributed by atoms with Crippen LogP contribution in [0.15, 0.2) is 54.6 Å². The van der Waals surface area contributed by atoms with Crippen LogP contribution < -0.4 is 5.32 Å². The topological polar surface area (TPSA) is 83.6 Å². The second-order valence-corrected chi connectivity index (χ2v) is 8.46. The van der Waals surface area contributed by atoms with Gasteiger partial charge in [0.05, 0.1) is 17.7 Å². The first kappa shape index (κ1) is 18.7. The van der Waals surface area contributed by atoms with E-state index < -0.39 is 11.4 Å². The summed E-state index contributed by atoms with van der Waals surface area (Å²) < 4.78 is 17.5. The lowest BCUT2D eigenvalue weighted by molar-refractivity contribution is -0.120. The van der Waals surface area contributed by atoms with Crippen LogP contribution in [0, 0.1) is 17.1 Å². The Morgan fingerprint density at radius 1 is 1.09 bits per heavy atom. The van der Waals surface area contributed by atoms with Crippen LogP contribution in [0.3, 0.4) is 0 Å². The van der Waals surface area contributed by atoms with Crippen LogP contribution in [0.2, 0.25) is 0 Å². The van der Waals surface area contributed by atoms with Crippen molar-refractivity contribution in [3.63, 3.8) is 0 Å². The Bertz CT molecular complexity index is 1450. The number of fused-ring (bicyclic) bond motifs is 3. The minimum atomic E-state index is -0.527. The monoisotopic (exact) mass is 423 g/mol. The highest BCUT2D eigenvalue weighted by atomic mass is 19.1. The van der Waals surface area contributed by atoms with Gasteiger partial charge >= 0.3 is 0 Å². The molecule has 0 saturated heterocycles. The minimum Gasteiger partial charge on any atom is -0.310 e. The van der Waals surface area contributed by atoms with Crippen molar-refractivity contribution >= 4 is 22.6 Å². The molecule has 32 heavy (non-hydrogen) atoms. The Kier molecular flexibility index (Phi) is 3.93. The number of halogens is 1. The predicted molar refractivity (Wildman–Crippen MR) is 118 cm³/mol. The number of rotatable bonds is 2. The molecule has 156 valence electrons. The summed E-state index contributed by atoms with van der Waals surface area (Å²) in [5.74, 6) is -0.293. The average molecular weight is 423 g/mol. The minimum absolute atomic E-state index is 0.131. The lowest BCUT2D eigenvalue weighted by Crippen LogP contribution is -2.48. The SMILES string of the molecule is N#Cc1c(-c2ccc3ccc(-c4ccccc4)nc3c2F)nn2c1NC(=O)CC21CCC1. The normalized spacial score (nSPS) is 16.3. The Hall–Kier alpha value is -4.05. The van der Waals surface area contributed by atoms with Crippen molar-refractivity contribution in [3.8, 4) is 28.6 Å². The third-order valence-electron chi connectivity index (χ3n) is 6.60. The number of carbonyl (C=O) groups is 1. The predicted octanol–water partition coefficient (Wildman–Crippen LogP) is 5.00. The van der Waals surface area contributed by atoms with E-state index in [2.05, 4.69) is 21.5 Å². The van der Waals surface area contributed by atoms with Gasteiger partial charge in [-0.05, 0) is 31.4 Å². The highest BCUT2D eigenvalue weighted by Gasteiger charge is 2.47. The first-order valence-electron chi connectivity index (χ1n) is 10.6. The molecule has 4 aromatic rings. The molecule has 1 spiro atoms. The standard InChI is InChI=1S/C25H18FN5O/c26-21-17(9-7-16-8-10-19(28-22(16)21)15-5-2-1-3-6-15)23-18(14-27)24-29-20(32)13-25(11-4-12-25)31(24)30-23/h1-3,5-10H,4,11-13H2,(H,29,32). The molecule has 0 unspecified atom stereocenters. The quantitative estimate of drug-likeness (QED) is 0.492. The number of nitrogens with zero attached hydrogens (tertiary/aromatic N) is 4. The van der Waals surface area contributed by atoms with Crippen molar-refractivity contribution in [2.24, 2.45) is 0 Å². The van der Waals surface area contributed by atoms with Gasteiger partial charge in [-0.15, -0.1) is 0 Å². The summed E-state index contributed by atoms with van der Waals surface area (Å²) in [7, 11) is 0. The lowest BCUT2D eigenvalue weighted by Gasteiger charge is -2.44. The molecule has 3 heterocycles. The highest BCUT2D eigenvalue weighted by molar-refractivity contribution is 5.96. The molecule has 1 amide bonds. The number of amides is 1. The van der Waals surface area contributed by atoms with E-state index in [4.69, 9.17) is 0 Å². The molecule has 1 saturated carbocycles. The van der Waals surface area contributed by atoms with E-state index in [1.54, 1.807) is 16.8 Å². The van der Waals surface area contributed by atoms with Crippen LogP contribution >= 0.6 is 0 Å². The second-order valence-electron chi connectivity index (χ2n) is 8.46. The van der Waals surface area contributed by atoms with Crippen LogP contribution in [0.1, 0.15) is 31.2 Å². The molecule has 1 aliphatic carbocycles. The van der Waals surface area contributed by atoms with Gasteiger partial charge in [-0.2, -0.15) is 10.4 Å². The Morgan fingerprint density at radius 3 is 2.59 bits per heavy atom. The number of carbonyl (C=O) groups excluding carboxylic acids is 1. The summed E-state index contributed by atoms with van der Waals surface area (Å²) in [6.07, 6.45) is 2.97. The number of pyridine rings is 1. The number of anilines is 1. The number of benzene rings is 2. The molecule has 2 aliphatic rings. The summed E-state index contributed by atoms with van der Waals surface area (Å²) >= 11 is 0. The van der Waals surface area contributed by atoms with Crippen molar-refractivity contribution < 1.29 is 9.18 Å². The highest BCUT2D eigenvalue weighted by Crippen LogP contribution is 2.48. The van der Waals surface area contributed by atoms with Crippen LogP contribution in [0.25, 0.3) is 33.4 Å². The van der Waals surface area contributed by atoms with Gasteiger partial charge in [0.1, 0.15) is 28.7 Å². The van der Waals surface area contributed by atoms with Crippen LogP contribution in [-0.4, -0.2) is 20.7 Å². The van der Waals surface area contributed by atoms with Crippen molar-refractivity contribution in [1.82, 2.24) is 14.8 Å². The second kappa shape index (κ2) is 6.72. The molecule has 0 radical (unpaired) electrons. The van der Waals surface area contributed by atoms with Gasteiger partial charge in [0.2, 0.25) is 5.91 Å². The molecule has 2 aromatic heterocycles. The Labute approximate surface area is 183 Å². The van der Waals surface area contributed by atoms with Gasteiger partial charge < -0.3 is 5.32 Å². The molecular formula is C25H18FN5O. The van der Waals surface area contributed by atoms with Gasteiger partial charge in [-0.25, -0.2) is 14.1 Å². The average Bonchev–Trinajstić information content (AvgIpc) is 3.16. The van der Waals surface area contributed by atoms with E-state index in [-0.39, 0.29) is 28.2 Å². The molecule has 2 aromatic carbocycles. The molecule has 7 heteroatoms. The first-order chi connectivity index (χ1) is 15.6. The van der Waals surface area contributed by atoms with E-state index >= 15 is 4.39 Å². The van der Waals surface area contributed by atoms with Crippen molar-refractivity contribution in [3.05, 3.63) is 66.0 Å². The van der Waals surface area contributed by atoms with E-state index in [0.29, 0.717) is 23.3 Å². The fourth-order valence-electron chi connectivity index (χ4n) is 4.80. The van der Waals surface area contributed by atoms with Gasteiger partial charge in [0, 0.05) is 16.5 Å². The van der Waals surface area contributed by atoms with Crippen molar-refractivity contribution in [1.29, 1.82) is 5.26 Å². The van der Waals surface area contributed by atoms with Gasteiger partial charge in [-0.1, -0.05) is 42.5 Å². The molecule has 1 aliphatic heterocycles. The van der Waals surface area contributed by atoms with E-state index in [1.165, 1.54) is 0 Å². The molecule has 6 rings (SSSR count). The van der Waals surface area contributed by atoms with Crippen LogP contribution in [0.4, 0.5) is 10.2 Å². The molecule has 0 bridgehead atoms. The number of hydrogen-bond donors (Lipinski definition) is 1. The zero-order chi connectivity index (χ0) is 21.9. The zero-order valence-corrected chi connectivity index (χ0v) is 17.1. The van der Waals surface area contributed by atoms with E-state index in [0.717, 1.165) is 24.8 Å². The molecule has 0 atom stereocenters. The third kappa shape index (κ3) is 2.59. The summed E-state index contributed by atoms with van der Waals surface area (Å²) in [6, 6.07) is 18.8. The maximum atomic E-state index is 15.8. The number of nitriles is 1. The molecule has 1 N–H and O–H groups in total. The van der Waals surface area contributed by atoms with E-state index in [9.17, 15) is 10.1 Å². The molecule has 6 nitrogen and oxygen atoms in total. The van der Waals surface area contributed by atoms with Gasteiger partial charge in [-0.3, -0.25) is 4.79 Å². The zero-order valence-electron chi connectivity index (χ0n) is 17.1. The maximum absolute atomic E-state index is 15.8. The number of hydrogen-bond acceptors (Lipinski definition) is 4. The van der Waals surface area contributed by atoms with Crippen molar-refractivity contribution in [2.45, 2.75) is 31.2 Å². The van der Waals surface area contributed by atoms with Crippen molar-refractivity contribution in [2.75, 3.05) is 5.32 Å². The van der Waals surface area contributed by atoms with E-state index in [1.807, 2.05) is 42.5 Å².